The van der Waals surface area contributed by atoms with Crippen molar-refractivity contribution in [3.05, 3.63) is 70.7 Å². The minimum Gasteiger partial charge on any atom is -0.0836 e. The first-order valence-corrected chi connectivity index (χ1v) is 7.19. The molecule has 4 aromatic carbocycles. The fourth-order valence-electron chi connectivity index (χ4n) is 2.89. The van der Waals surface area contributed by atoms with Crippen LogP contribution in [0, 0.1) is 0 Å². The van der Waals surface area contributed by atoms with Crippen LogP contribution in [0.1, 0.15) is 0 Å². The molecule has 0 atom stereocenters. The summed E-state index contributed by atoms with van der Waals surface area (Å²) >= 11 is 12.8. The van der Waals surface area contributed by atoms with Gasteiger partial charge in [-0.2, -0.15) is 0 Å². The Morgan fingerprint density at radius 1 is 0.500 bits per heavy atom. The molecule has 96 valence electrons. The zero-order valence-corrected chi connectivity index (χ0v) is 12.0. The topological polar surface area (TPSA) is 0 Å². The first-order valence-electron chi connectivity index (χ1n) is 6.44. The molecule has 0 spiro atoms. The van der Waals surface area contributed by atoms with Gasteiger partial charge in [-0.3, -0.25) is 0 Å². The van der Waals surface area contributed by atoms with Gasteiger partial charge in [-0.25, -0.2) is 0 Å². The van der Waals surface area contributed by atoms with Crippen LogP contribution in [0.2, 0.25) is 10.0 Å². The highest BCUT2D eigenvalue weighted by molar-refractivity contribution is 6.41. The largest absolute Gasteiger partial charge is 0.0836 e. The lowest BCUT2D eigenvalue weighted by molar-refractivity contribution is 1.77. The summed E-state index contributed by atoms with van der Waals surface area (Å²) in [5.41, 5.74) is 0. The number of rotatable bonds is 0. The molecule has 0 N–H and O–H groups in total. The lowest BCUT2D eigenvalue weighted by atomic mass is 9.97. The lowest BCUT2D eigenvalue weighted by Gasteiger charge is -2.09. The van der Waals surface area contributed by atoms with Gasteiger partial charge >= 0.3 is 0 Å². The number of benzene rings is 4. The van der Waals surface area contributed by atoms with E-state index in [1.807, 2.05) is 24.3 Å². The second kappa shape index (κ2) is 4.37. The summed E-state index contributed by atoms with van der Waals surface area (Å²) in [6, 6.07) is 20.4. The van der Waals surface area contributed by atoms with Crippen molar-refractivity contribution in [3.8, 4) is 0 Å². The van der Waals surface area contributed by atoms with E-state index in [4.69, 9.17) is 23.2 Å². The molecule has 2 heteroatoms. The van der Waals surface area contributed by atoms with Gasteiger partial charge in [-0.1, -0.05) is 71.7 Å². The van der Waals surface area contributed by atoms with Crippen LogP contribution in [0.4, 0.5) is 0 Å². The van der Waals surface area contributed by atoms with Crippen molar-refractivity contribution in [3.63, 3.8) is 0 Å². The Morgan fingerprint density at radius 2 is 0.950 bits per heavy atom. The van der Waals surface area contributed by atoms with Crippen molar-refractivity contribution in [1.29, 1.82) is 0 Å². The molecule has 0 saturated heterocycles. The third kappa shape index (κ3) is 1.62. The molecule has 0 amide bonds. The Balaban J connectivity index is 2.34. The van der Waals surface area contributed by atoms with Crippen LogP contribution in [0.3, 0.4) is 0 Å². The Hall–Kier alpha value is -1.76. The Labute approximate surface area is 126 Å². The monoisotopic (exact) mass is 296 g/mol. The van der Waals surface area contributed by atoms with Crippen molar-refractivity contribution in [2.45, 2.75) is 0 Å². The molecule has 0 unspecified atom stereocenters. The molecule has 0 heterocycles. The number of halogens is 2. The second-order valence-electron chi connectivity index (χ2n) is 4.90. The summed E-state index contributed by atoms with van der Waals surface area (Å²) in [6.07, 6.45) is 0. The lowest BCUT2D eigenvalue weighted by Crippen LogP contribution is -1.82. The van der Waals surface area contributed by atoms with E-state index >= 15 is 0 Å². The van der Waals surface area contributed by atoms with Crippen LogP contribution >= 0.6 is 23.2 Å². The third-order valence-electron chi connectivity index (χ3n) is 3.78. The maximum absolute atomic E-state index is 6.39. The Morgan fingerprint density at radius 3 is 1.40 bits per heavy atom. The molecule has 0 radical (unpaired) electrons. The fourth-order valence-corrected chi connectivity index (χ4v) is 3.46. The standard InChI is InChI=1S/C18H10Cl2/c19-15-5-1-3-11-7-9-14-13(17(11)15)10-8-12-4-2-6-16(20)18(12)14/h1-10H. The fraction of sp³-hybridized carbons (Fsp3) is 0. The van der Waals surface area contributed by atoms with Gasteiger partial charge in [-0.05, 0) is 33.7 Å². The van der Waals surface area contributed by atoms with E-state index in [0.29, 0.717) is 0 Å². The zero-order valence-electron chi connectivity index (χ0n) is 10.5. The summed E-state index contributed by atoms with van der Waals surface area (Å²) in [5.74, 6) is 0. The average Bonchev–Trinajstić information content (AvgIpc) is 2.47. The second-order valence-corrected chi connectivity index (χ2v) is 5.72. The molecule has 20 heavy (non-hydrogen) atoms. The number of hydrogen-bond acceptors (Lipinski definition) is 0. The van der Waals surface area contributed by atoms with Crippen LogP contribution in [0.25, 0.3) is 32.3 Å². The molecule has 0 aromatic heterocycles. The van der Waals surface area contributed by atoms with Crippen LogP contribution in [-0.4, -0.2) is 0 Å². The highest BCUT2D eigenvalue weighted by Gasteiger charge is 2.08. The summed E-state index contributed by atoms with van der Waals surface area (Å²) in [4.78, 5) is 0. The van der Waals surface area contributed by atoms with E-state index < -0.39 is 0 Å². The summed E-state index contributed by atoms with van der Waals surface area (Å²) in [7, 11) is 0. The van der Waals surface area contributed by atoms with Gasteiger partial charge in [0.2, 0.25) is 0 Å². The predicted octanol–water partition coefficient (Wildman–Crippen LogP) is 6.45. The van der Waals surface area contributed by atoms with E-state index in [0.717, 1.165) is 42.4 Å². The molecule has 0 nitrogen and oxygen atoms in total. The van der Waals surface area contributed by atoms with E-state index in [-0.39, 0.29) is 0 Å². The van der Waals surface area contributed by atoms with E-state index in [2.05, 4.69) is 36.4 Å². The molecule has 0 aliphatic rings. The first kappa shape index (κ1) is 12.0. The van der Waals surface area contributed by atoms with Gasteiger partial charge in [-0.15, -0.1) is 0 Å². The summed E-state index contributed by atoms with van der Waals surface area (Å²) in [5, 5.41) is 8.33. The van der Waals surface area contributed by atoms with Crippen molar-refractivity contribution in [1.82, 2.24) is 0 Å². The third-order valence-corrected chi connectivity index (χ3v) is 4.41. The van der Waals surface area contributed by atoms with Crippen molar-refractivity contribution in [2.75, 3.05) is 0 Å². The normalized spacial score (nSPS) is 11.5. The summed E-state index contributed by atoms with van der Waals surface area (Å²) < 4.78 is 0. The summed E-state index contributed by atoms with van der Waals surface area (Å²) in [6.45, 7) is 0. The van der Waals surface area contributed by atoms with Gasteiger partial charge in [0.15, 0.2) is 0 Å². The van der Waals surface area contributed by atoms with E-state index in [9.17, 15) is 0 Å². The van der Waals surface area contributed by atoms with Crippen molar-refractivity contribution in [2.24, 2.45) is 0 Å². The van der Waals surface area contributed by atoms with E-state index in [1.165, 1.54) is 0 Å². The predicted molar refractivity (Wildman–Crippen MR) is 89.0 cm³/mol. The molecule has 4 rings (SSSR count). The Kier molecular flexibility index (Phi) is 2.63. The highest BCUT2D eigenvalue weighted by atomic mass is 35.5. The molecular formula is C18H10Cl2. The smallest absolute Gasteiger partial charge is 0.0490 e. The zero-order chi connectivity index (χ0) is 13.7. The molecule has 0 saturated carbocycles. The number of fused-ring (bicyclic) bond motifs is 5. The highest BCUT2D eigenvalue weighted by Crippen LogP contribution is 2.37. The maximum Gasteiger partial charge on any atom is 0.0490 e. The molecular weight excluding hydrogens is 287 g/mol. The minimum absolute atomic E-state index is 0.777. The average molecular weight is 297 g/mol. The van der Waals surface area contributed by atoms with E-state index in [1.54, 1.807) is 0 Å². The Bertz CT molecular complexity index is 890. The van der Waals surface area contributed by atoms with Gasteiger partial charge in [0.25, 0.3) is 0 Å². The minimum atomic E-state index is 0.777. The maximum atomic E-state index is 6.39. The molecule has 0 fully saturated rings. The van der Waals surface area contributed by atoms with Gasteiger partial charge in [0.05, 0.1) is 0 Å². The van der Waals surface area contributed by atoms with Crippen LogP contribution in [0.15, 0.2) is 60.7 Å². The SMILES string of the molecule is Clc1cccc2ccc3c(ccc4cccc(Cl)c43)c12. The molecule has 0 bridgehead atoms. The van der Waals surface area contributed by atoms with Crippen molar-refractivity contribution >= 4 is 55.5 Å². The van der Waals surface area contributed by atoms with Crippen molar-refractivity contribution < 1.29 is 0 Å². The first-order chi connectivity index (χ1) is 9.75. The molecule has 4 aromatic rings. The van der Waals surface area contributed by atoms with Gasteiger partial charge < -0.3 is 0 Å². The number of hydrogen-bond donors (Lipinski definition) is 0. The molecule has 0 aliphatic carbocycles. The van der Waals surface area contributed by atoms with Gasteiger partial charge in [0.1, 0.15) is 0 Å². The quantitative estimate of drug-likeness (QED) is 0.327. The van der Waals surface area contributed by atoms with Crippen LogP contribution < -0.4 is 0 Å². The van der Waals surface area contributed by atoms with Crippen LogP contribution in [0.5, 0.6) is 0 Å². The van der Waals surface area contributed by atoms with Gasteiger partial charge in [0, 0.05) is 20.8 Å². The van der Waals surface area contributed by atoms with Crippen LogP contribution in [-0.2, 0) is 0 Å². The molecule has 0 aliphatic heterocycles.